The molecule has 0 bridgehead atoms. The highest BCUT2D eigenvalue weighted by molar-refractivity contribution is 6.16. The number of aliphatic hydroxyl groups is 1. The largest absolute Gasteiger partial charge is 0.508 e. The number of rotatable bonds is 3. The van der Waals surface area contributed by atoms with Gasteiger partial charge >= 0.3 is 0 Å². The van der Waals surface area contributed by atoms with Crippen molar-refractivity contribution in [1.82, 2.24) is 5.32 Å². The smallest absolute Gasteiger partial charge is 0.172 e. The lowest BCUT2D eigenvalue weighted by Gasteiger charge is -2.28. The fourth-order valence-electron chi connectivity index (χ4n) is 4.23. The zero-order valence-electron chi connectivity index (χ0n) is 17.6. The van der Waals surface area contributed by atoms with Gasteiger partial charge in [0, 0.05) is 16.7 Å². The summed E-state index contributed by atoms with van der Waals surface area (Å²) in [5.74, 6) is 1.92. The fourth-order valence-corrected chi connectivity index (χ4v) is 4.23. The van der Waals surface area contributed by atoms with Crippen molar-refractivity contribution in [3.8, 4) is 6.07 Å². The van der Waals surface area contributed by atoms with Gasteiger partial charge in [0.25, 0.3) is 0 Å². The maximum atomic E-state index is 10.5. The minimum Gasteiger partial charge on any atom is -0.508 e. The van der Waals surface area contributed by atoms with Gasteiger partial charge < -0.3 is 10.4 Å². The highest BCUT2D eigenvalue weighted by atomic mass is 16.3. The molecule has 1 aromatic rings. The predicted octanol–water partition coefficient (Wildman–Crippen LogP) is 5.04. The van der Waals surface area contributed by atoms with Gasteiger partial charge in [-0.1, -0.05) is 43.3 Å². The number of nitrogens with one attached hydrogen (secondary N) is 1. The number of amidine groups is 2. The molecule has 0 radical (unpaired) electrons. The van der Waals surface area contributed by atoms with E-state index in [1.54, 1.807) is 0 Å². The first-order chi connectivity index (χ1) is 14.5. The molecule has 2 aliphatic carbocycles. The molecule has 0 spiro atoms. The van der Waals surface area contributed by atoms with Gasteiger partial charge in [-0.15, -0.1) is 0 Å². The Morgan fingerprint density at radius 1 is 1.10 bits per heavy atom. The van der Waals surface area contributed by atoms with E-state index in [2.05, 4.69) is 31.3 Å². The van der Waals surface area contributed by atoms with Gasteiger partial charge in [0.15, 0.2) is 6.17 Å². The van der Waals surface area contributed by atoms with Gasteiger partial charge in [-0.05, 0) is 61.8 Å². The average Bonchev–Trinajstić information content (AvgIpc) is 2.74. The summed E-state index contributed by atoms with van der Waals surface area (Å²) in [6, 6.07) is 10.5. The highest BCUT2D eigenvalue weighted by Crippen LogP contribution is 2.31. The lowest BCUT2D eigenvalue weighted by Crippen LogP contribution is -2.39. The van der Waals surface area contributed by atoms with Crippen molar-refractivity contribution in [2.75, 3.05) is 0 Å². The molecule has 2 atom stereocenters. The molecule has 2 unspecified atom stereocenters. The molecule has 1 aromatic carbocycles. The Balaban J connectivity index is 1.79. The van der Waals surface area contributed by atoms with E-state index < -0.39 is 6.17 Å². The molecule has 1 aliphatic heterocycles. The molecule has 0 fully saturated rings. The lowest BCUT2D eigenvalue weighted by molar-refractivity contribution is 0.408. The molecule has 5 nitrogen and oxygen atoms in total. The second-order valence-corrected chi connectivity index (χ2v) is 8.08. The summed E-state index contributed by atoms with van der Waals surface area (Å²) in [4.78, 5) is 9.74. The molecule has 1 heterocycles. The first-order valence-electron chi connectivity index (χ1n) is 10.4. The second kappa shape index (κ2) is 8.16. The molecule has 152 valence electrons. The van der Waals surface area contributed by atoms with Crippen molar-refractivity contribution in [3.05, 3.63) is 81.7 Å². The van der Waals surface area contributed by atoms with Gasteiger partial charge in [-0.3, -0.25) is 0 Å². The van der Waals surface area contributed by atoms with E-state index in [9.17, 15) is 10.4 Å². The molecule has 0 saturated carbocycles. The number of hydrogen-bond acceptors (Lipinski definition) is 5. The topological polar surface area (TPSA) is 80.8 Å². The Hall–Kier alpha value is -3.39. The van der Waals surface area contributed by atoms with E-state index in [-0.39, 0.29) is 11.7 Å². The van der Waals surface area contributed by atoms with Crippen LogP contribution in [0.3, 0.4) is 0 Å². The fraction of sp³-hybridized carbons (Fsp3) is 0.320. The van der Waals surface area contributed by atoms with Crippen molar-refractivity contribution in [2.45, 2.75) is 46.2 Å². The summed E-state index contributed by atoms with van der Waals surface area (Å²) in [5.41, 5.74) is 5.76. The summed E-state index contributed by atoms with van der Waals surface area (Å²) in [6.45, 7) is 6.11. The van der Waals surface area contributed by atoms with Gasteiger partial charge in [-0.2, -0.15) is 5.26 Å². The monoisotopic (exact) mass is 398 g/mol. The van der Waals surface area contributed by atoms with Crippen LogP contribution in [0.25, 0.3) is 0 Å². The second-order valence-electron chi connectivity index (χ2n) is 8.08. The van der Waals surface area contributed by atoms with Crippen LogP contribution in [0.15, 0.2) is 80.5 Å². The van der Waals surface area contributed by atoms with Crippen LogP contribution in [0.2, 0.25) is 0 Å². The summed E-state index contributed by atoms with van der Waals surface area (Å²) >= 11 is 0. The predicted molar refractivity (Wildman–Crippen MR) is 120 cm³/mol. The number of hydrogen-bond donors (Lipinski definition) is 2. The summed E-state index contributed by atoms with van der Waals surface area (Å²) in [5, 5.41) is 23.3. The van der Waals surface area contributed by atoms with Crippen LogP contribution in [-0.2, 0) is 0 Å². The minimum absolute atomic E-state index is 0.140. The molecule has 5 heteroatoms. The molecule has 30 heavy (non-hydrogen) atoms. The standard InChI is InChI=1S/C25H26N4O/c1-15-8-4-5-9-19(15)24-27-23(18-12-16(2)21(14-26)17(3)13-18)28-25(29-24)20-10-6-7-11-22(20)30/h4-5,8-12,17,25,30H,6-7,13H2,1-3H3,(H,27,28,29). The maximum absolute atomic E-state index is 10.5. The van der Waals surface area contributed by atoms with E-state index in [0.717, 1.165) is 64.4 Å². The normalized spacial score (nSPS) is 24.0. The quantitative estimate of drug-likeness (QED) is 0.749. The third-order valence-electron chi connectivity index (χ3n) is 5.84. The van der Waals surface area contributed by atoms with Crippen LogP contribution in [-0.4, -0.2) is 22.9 Å². The molecule has 0 amide bonds. The summed E-state index contributed by atoms with van der Waals surface area (Å²) in [7, 11) is 0. The molecule has 4 rings (SSSR count). The molecule has 3 aliphatic rings. The van der Waals surface area contributed by atoms with Crippen LogP contribution in [0, 0.1) is 24.2 Å². The Morgan fingerprint density at radius 3 is 2.53 bits per heavy atom. The number of allylic oxidation sites excluding steroid dienone is 5. The summed E-state index contributed by atoms with van der Waals surface area (Å²) < 4.78 is 0. The van der Waals surface area contributed by atoms with Crippen LogP contribution in [0.4, 0.5) is 0 Å². The zero-order valence-corrected chi connectivity index (χ0v) is 17.6. The third-order valence-corrected chi connectivity index (χ3v) is 5.84. The Labute approximate surface area is 177 Å². The van der Waals surface area contributed by atoms with Gasteiger partial charge in [0.05, 0.1) is 6.07 Å². The number of aliphatic hydroxyl groups excluding tert-OH is 1. The van der Waals surface area contributed by atoms with Crippen molar-refractivity contribution < 1.29 is 5.11 Å². The lowest BCUT2D eigenvalue weighted by atomic mass is 9.84. The Bertz CT molecular complexity index is 1110. The molecule has 2 N–H and O–H groups in total. The SMILES string of the molecule is CC1=C(C#N)C(C)CC(C2=NC(C3=CCCC=C3O)N=C(c3ccccc3C)N2)=C1. The summed E-state index contributed by atoms with van der Waals surface area (Å²) in [6.07, 6.45) is 7.86. The third kappa shape index (κ3) is 3.73. The average molecular weight is 399 g/mol. The Morgan fingerprint density at radius 2 is 1.83 bits per heavy atom. The number of nitriles is 1. The number of nitrogens with zero attached hydrogens (tertiary/aromatic N) is 3. The maximum Gasteiger partial charge on any atom is 0.172 e. The van der Waals surface area contributed by atoms with E-state index in [0.29, 0.717) is 0 Å². The zero-order chi connectivity index (χ0) is 21.3. The first kappa shape index (κ1) is 19.9. The van der Waals surface area contributed by atoms with Gasteiger partial charge in [0.2, 0.25) is 0 Å². The molecule has 0 aromatic heterocycles. The van der Waals surface area contributed by atoms with E-state index in [1.807, 2.05) is 43.4 Å². The van der Waals surface area contributed by atoms with Gasteiger partial charge in [-0.25, -0.2) is 9.98 Å². The molecule has 0 saturated heterocycles. The van der Waals surface area contributed by atoms with Crippen molar-refractivity contribution in [3.63, 3.8) is 0 Å². The number of aliphatic imine (C=N–C) groups is 2. The Kier molecular flexibility index (Phi) is 5.41. The molecular formula is C25H26N4O. The van der Waals surface area contributed by atoms with Crippen LogP contribution in [0.5, 0.6) is 0 Å². The first-order valence-corrected chi connectivity index (χ1v) is 10.4. The number of aryl methyl sites for hydroxylation is 1. The van der Waals surface area contributed by atoms with Crippen molar-refractivity contribution in [1.29, 1.82) is 5.26 Å². The van der Waals surface area contributed by atoms with E-state index in [1.165, 1.54) is 0 Å². The minimum atomic E-state index is -0.495. The van der Waals surface area contributed by atoms with Crippen molar-refractivity contribution in [2.24, 2.45) is 15.9 Å². The van der Waals surface area contributed by atoms with E-state index >= 15 is 0 Å². The van der Waals surface area contributed by atoms with E-state index in [4.69, 9.17) is 9.98 Å². The highest BCUT2D eigenvalue weighted by Gasteiger charge is 2.28. The van der Waals surface area contributed by atoms with Crippen molar-refractivity contribution >= 4 is 11.7 Å². The van der Waals surface area contributed by atoms with Gasteiger partial charge in [0.1, 0.15) is 17.4 Å². The van der Waals surface area contributed by atoms with Crippen LogP contribution in [0.1, 0.15) is 44.2 Å². The van der Waals surface area contributed by atoms with Crippen LogP contribution < -0.4 is 5.32 Å². The molecular weight excluding hydrogens is 372 g/mol. The van der Waals surface area contributed by atoms with Crippen LogP contribution >= 0.6 is 0 Å². The number of benzene rings is 1.